The number of aromatic nitrogens is 1. The summed E-state index contributed by atoms with van der Waals surface area (Å²) in [5.74, 6) is 1.98. The number of piperazine rings is 1. The Labute approximate surface area is 206 Å². The molecule has 35 heavy (non-hydrogen) atoms. The van der Waals surface area contributed by atoms with Gasteiger partial charge in [0.1, 0.15) is 24.0 Å². The maximum absolute atomic E-state index is 11.9. The zero-order valence-corrected chi connectivity index (χ0v) is 20.7. The lowest BCUT2D eigenvalue weighted by Crippen LogP contribution is -2.48. The second-order valence-corrected chi connectivity index (χ2v) is 11.3. The molecule has 0 spiro atoms. The minimum Gasteiger partial charge on any atom is -0.378 e. The number of hydrogen-bond donors (Lipinski definition) is 3. The van der Waals surface area contributed by atoms with Gasteiger partial charge in [-0.25, -0.2) is 13.4 Å². The molecule has 3 aliphatic rings. The van der Waals surface area contributed by atoms with Gasteiger partial charge in [-0.3, -0.25) is 0 Å². The maximum atomic E-state index is 11.9. The summed E-state index contributed by atoms with van der Waals surface area (Å²) < 4.78 is 25.3. The summed E-state index contributed by atoms with van der Waals surface area (Å²) in [4.78, 5) is 18.8. The van der Waals surface area contributed by atoms with Gasteiger partial charge in [-0.05, 0) is 73.5 Å². The van der Waals surface area contributed by atoms with Gasteiger partial charge in [-0.1, -0.05) is 12.1 Å². The number of piperidine rings is 1. The highest BCUT2D eigenvalue weighted by atomic mass is 32.2. The van der Waals surface area contributed by atoms with Crippen LogP contribution < -0.4 is 20.9 Å². The van der Waals surface area contributed by atoms with Crippen LogP contribution in [0.5, 0.6) is 0 Å². The third-order valence-electron chi connectivity index (χ3n) is 7.08. The van der Waals surface area contributed by atoms with E-state index in [4.69, 9.17) is 4.98 Å². The third-order valence-corrected chi connectivity index (χ3v) is 8.38. The van der Waals surface area contributed by atoms with E-state index in [1.165, 1.54) is 16.1 Å². The van der Waals surface area contributed by atoms with Crippen molar-refractivity contribution in [3.63, 3.8) is 0 Å². The van der Waals surface area contributed by atoms with Crippen molar-refractivity contribution < 1.29 is 13.2 Å². The first-order chi connectivity index (χ1) is 16.9. The van der Waals surface area contributed by atoms with E-state index in [0.717, 1.165) is 54.8 Å². The normalized spacial score (nSPS) is 21.3. The smallest absolute Gasteiger partial charge is 0.211 e. The maximum Gasteiger partial charge on any atom is 0.211 e. The van der Waals surface area contributed by atoms with Crippen LogP contribution in [-0.2, 0) is 14.8 Å². The molecule has 0 saturated carbocycles. The second-order valence-electron chi connectivity index (χ2n) is 9.37. The summed E-state index contributed by atoms with van der Waals surface area (Å²) in [5.41, 5.74) is 3.99. The first-order valence-electron chi connectivity index (χ1n) is 12.1. The number of pyridine rings is 1. The summed E-state index contributed by atoms with van der Waals surface area (Å²) in [6.07, 6.45) is 8.16. The van der Waals surface area contributed by atoms with Crippen LogP contribution in [0.25, 0.3) is 6.08 Å². The standard InChI is InChI=1S/C25H32N6O3S/c1-35(33,34)31-14-12-30(13-15-31)23-16-20-8-11-27-22(17-32)24(20)25(29-23)28-21-4-2-18(3-5-21)19-6-9-26-10-7-19/h2-5,8,11,16-17,19,22,26-27H,6-7,9-10,12-15H2,1H3,(H,28,29). The number of aldehydes is 1. The number of fused-ring (bicyclic) bond motifs is 1. The molecule has 0 bridgehead atoms. The van der Waals surface area contributed by atoms with Gasteiger partial charge in [0.25, 0.3) is 0 Å². The summed E-state index contributed by atoms with van der Waals surface area (Å²) in [6.45, 7) is 4.07. The molecule has 0 radical (unpaired) electrons. The van der Waals surface area contributed by atoms with Crippen LogP contribution in [0.15, 0.2) is 36.5 Å². The largest absolute Gasteiger partial charge is 0.378 e. The quantitative estimate of drug-likeness (QED) is 0.523. The van der Waals surface area contributed by atoms with Crippen molar-refractivity contribution in [2.24, 2.45) is 0 Å². The fourth-order valence-corrected chi connectivity index (χ4v) is 5.92. The van der Waals surface area contributed by atoms with E-state index in [1.807, 2.05) is 12.1 Å². The third kappa shape index (κ3) is 5.19. The summed E-state index contributed by atoms with van der Waals surface area (Å²) >= 11 is 0. The minimum absolute atomic E-state index is 0.423. The van der Waals surface area contributed by atoms with Crippen molar-refractivity contribution >= 4 is 39.7 Å². The van der Waals surface area contributed by atoms with Crippen LogP contribution in [0, 0.1) is 0 Å². The fraction of sp³-hybridized carbons (Fsp3) is 0.440. The van der Waals surface area contributed by atoms with Crippen LogP contribution in [-0.4, -0.2) is 69.5 Å². The van der Waals surface area contributed by atoms with Crippen LogP contribution >= 0.6 is 0 Å². The van der Waals surface area contributed by atoms with Gasteiger partial charge < -0.3 is 25.6 Å². The van der Waals surface area contributed by atoms with Crippen molar-refractivity contribution in [1.29, 1.82) is 0 Å². The van der Waals surface area contributed by atoms with Crippen molar-refractivity contribution in [2.45, 2.75) is 24.8 Å². The predicted octanol–water partition coefficient (Wildman–Crippen LogP) is 2.19. The van der Waals surface area contributed by atoms with E-state index in [2.05, 4.69) is 45.1 Å². The van der Waals surface area contributed by atoms with Gasteiger partial charge in [0.15, 0.2) is 0 Å². The molecule has 0 aliphatic carbocycles. The molecule has 9 nitrogen and oxygen atoms in total. The fourth-order valence-electron chi connectivity index (χ4n) is 5.09. The molecule has 3 N–H and O–H groups in total. The van der Waals surface area contributed by atoms with Crippen molar-refractivity contribution in [3.05, 3.63) is 53.2 Å². The van der Waals surface area contributed by atoms with Crippen LogP contribution in [0.3, 0.4) is 0 Å². The second kappa shape index (κ2) is 9.96. The van der Waals surface area contributed by atoms with E-state index < -0.39 is 16.1 Å². The number of benzene rings is 1. The first kappa shape index (κ1) is 23.8. The Hall–Kier alpha value is -2.95. The number of anilines is 3. The van der Waals surface area contributed by atoms with Crippen molar-refractivity contribution in [1.82, 2.24) is 19.9 Å². The molecule has 5 rings (SSSR count). The number of hydrogen-bond acceptors (Lipinski definition) is 8. The van der Waals surface area contributed by atoms with Gasteiger partial charge in [0, 0.05) is 37.4 Å². The molecule has 1 aromatic carbocycles. The van der Waals surface area contributed by atoms with Gasteiger partial charge in [0.2, 0.25) is 10.0 Å². The molecule has 1 atom stereocenters. The Balaban J connectivity index is 1.42. The van der Waals surface area contributed by atoms with E-state index in [9.17, 15) is 13.2 Å². The predicted molar refractivity (Wildman–Crippen MR) is 138 cm³/mol. The Morgan fingerprint density at radius 1 is 1.09 bits per heavy atom. The lowest BCUT2D eigenvalue weighted by Gasteiger charge is -2.35. The van der Waals surface area contributed by atoms with E-state index in [1.54, 1.807) is 6.20 Å². The lowest BCUT2D eigenvalue weighted by atomic mass is 9.90. The monoisotopic (exact) mass is 496 g/mol. The van der Waals surface area contributed by atoms with E-state index >= 15 is 0 Å². The molecule has 2 aromatic rings. The molecule has 1 unspecified atom stereocenters. The highest BCUT2D eigenvalue weighted by molar-refractivity contribution is 7.88. The molecule has 0 amide bonds. The number of nitrogens with one attached hydrogen (secondary N) is 3. The van der Waals surface area contributed by atoms with E-state index in [0.29, 0.717) is 37.9 Å². The molecule has 2 fully saturated rings. The van der Waals surface area contributed by atoms with Gasteiger partial charge in [-0.2, -0.15) is 4.31 Å². The SMILES string of the molecule is CS(=O)(=O)N1CCN(c2cc3c(c(Nc4ccc(C5CCNCC5)cc4)n2)C(C=O)NC=C3)CC1. The molecule has 1 aromatic heterocycles. The van der Waals surface area contributed by atoms with E-state index in [-0.39, 0.29) is 0 Å². The first-order valence-corrected chi connectivity index (χ1v) is 14.0. The molecular weight excluding hydrogens is 464 g/mol. The number of rotatable bonds is 6. The average Bonchev–Trinajstić information content (AvgIpc) is 2.88. The molecule has 10 heteroatoms. The Bertz CT molecular complexity index is 1200. The average molecular weight is 497 g/mol. The molecule has 4 heterocycles. The van der Waals surface area contributed by atoms with Gasteiger partial charge in [0.05, 0.1) is 6.26 Å². The highest BCUT2D eigenvalue weighted by Crippen LogP contribution is 2.34. The summed E-state index contributed by atoms with van der Waals surface area (Å²) in [6, 6.07) is 9.99. The highest BCUT2D eigenvalue weighted by Gasteiger charge is 2.27. The lowest BCUT2D eigenvalue weighted by molar-refractivity contribution is -0.109. The summed E-state index contributed by atoms with van der Waals surface area (Å²) in [5, 5.41) is 9.97. The van der Waals surface area contributed by atoms with Crippen LogP contribution in [0.2, 0.25) is 0 Å². The minimum atomic E-state index is -3.21. The number of sulfonamides is 1. The Morgan fingerprint density at radius 3 is 2.46 bits per heavy atom. The van der Waals surface area contributed by atoms with Crippen molar-refractivity contribution in [2.75, 3.05) is 55.7 Å². The summed E-state index contributed by atoms with van der Waals surface area (Å²) in [7, 11) is -3.21. The molecular formula is C25H32N6O3S. The van der Waals surface area contributed by atoms with Gasteiger partial charge >= 0.3 is 0 Å². The molecule has 2 saturated heterocycles. The molecule has 186 valence electrons. The topological polar surface area (TPSA) is 107 Å². The Morgan fingerprint density at radius 2 is 1.80 bits per heavy atom. The molecule has 3 aliphatic heterocycles. The zero-order valence-electron chi connectivity index (χ0n) is 19.9. The zero-order chi connectivity index (χ0) is 24.4. The van der Waals surface area contributed by atoms with Gasteiger partial charge in [-0.15, -0.1) is 0 Å². The number of carbonyl (C=O) groups is 1. The number of nitrogens with zero attached hydrogens (tertiary/aromatic N) is 3. The van der Waals surface area contributed by atoms with Crippen LogP contribution in [0.4, 0.5) is 17.3 Å². The van der Waals surface area contributed by atoms with Crippen molar-refractivity contribution in [3.8, 4) is 0 Å². The Kier molecular flexibility index (Phi) is 6.77. The van der Waals surface area contributed by atoms with Crippen LogP contribution in [0.1, 0.15) is 41.5 Å². The number of carbonyl (C=O) groups excluding carboxylic acids is 1.